The summed E-state index contributed by atoms with van der Waals surface area (Å²) in [7, 11) is -1.84. The SMILES string of the molecule is C[C@@H](NC(=O)COc1ccc(N(C)S(C)(=O)=O)cc1)c1ccc(Br)cc1. The number of nitrogens with zero attached hydrogens (tertiary/aromatic N) is 1. The topological polar surface area (TPSA) is 75.7 Å². The largest absolute Gasteiger partial charge is 0.484 e. The lowest BCUT2D eigenvalue weighted by Crippen LogP contribution is -2.31. The number of rotatable bonds is 7. The lowest BCUT2D eigenvalue weighted by molar-refractivity contribution is -0.123. The molecule has 0 spiro atoms. The van der Waals surface area contributed by atoms with E-state index in [9.17, 15) is 13.2 Å². The first kappa shape index (κ1) is 20.3. The van der Waals surface area contributed by atoms with Crippen LogP contribution in [-0.4, -0.2) is 34.2 Å². The molecule has 0 fully saturated rings. The third-order valence-electron chi connectivity index (χ3n) is 3.82. The van der Waals surface area contributed by atoms with E-state index in [-0.39, 0.29) is 18.6 Å². The average molecular weight is 441 g/mol. The maximum absolute atomic E-state index is 12.0. The van der Waals surface area contributed by atoms with Crippen LogP contribution in [0.2, 0.25) is 0 Å². The van der Waals surface area contributed by atoms with Crippen LogP contribution in [0.1, 0.15) is 18.5 Å². The molecule has 0 saturated heterocycles. The van der Waals surface area contributed by atoms with Crippen LogP contribution in [-0.2, 0) is 14.8 Å². The highest BCUT2D eigenvalue weighted by Crippen LogP contribution is 2.20. The van der Waals surface area contributed by atoms with Gasteiger partial charge in [0.25, 0.3) is 5.91 Å². The number of hydrogen-bond donors (Lipinski definition) is 1. The minimum absolute atomic E-state index is 0.123. The summed E-state index contributed by atoms with van der Waals surface area (Å²) in [4.78, 5) is 12.0. The van der Waals surface area contributed by atoms with Gasteiger partial charge in [-0.2, -0.15) is 0 Å². The molecular weight excluding hydrogens is 420 g/mol. The fourth-order valence-corrected chi connectivity index (χ4v) is 2.98. The van der Waals surface area contributed by atoms with Crippen LogP contribution >= 0.6 is 15.9 Å². The lowest BCUT2D eigenvalue weighted by Gasteiger charge is -2.17. The zero-order valence-electron chi connectivity index (χ0n) is 14.8. The Morgan fingerprint density at radius 1 is 1.15 bits per heavy atom. The van der Waals surface area contributed by atoms with Crippen LogP contribution in [0.15, 0.2) is 53.0 Å². The van der Waals surface area contributed by atoms with Crippen molar-refractivity contribution < 1.29 is 17.9 Å². The zero-order chi connectivity index (χ0) is 19.3. The molecule has 0 aliphatic heterocycles. The van der Waals surface area contributed by atoms with Crippen LogP contribution < -0.4 is 14.4 Å². The van der Waals surface area contributed by atoms with Crippen LogP contribution in [0, 0.1) is 0 Å². The van der Waals surface area contributed by atoms with Crippen molar-refractivity contribution in [3.05, 3.63) is 58.6 Å². The zero-order valence-corrected chi connectivity index (χ0v) is 17.2. The summed E-state index contributed by atoms with van der Waals surface area (Å²) >= 11 is 3.38. The summed E-state index contributed by atoms with van der Waals surface area (Å²) in [5, 5.41) is 2.87. The number of benzene rings is 2. The summed E-state index contributed by atoms with van der Waals surface area (Å²) in [6, 6.07) is 14.1. The number of ether oxygens (including phenoxy) is 1. The van der Waals surface area contributed by atoms with Gasteiger partial charge in [0.05, 0.1) is 18.0 Å². The van der Waals surface area contributed by atoms with Crippen molar-refractivity contribution in [3.63, 3.8) is 0 Å². The molecule has 8 heteroatoms. The van der Waals surface area contributed by atoms with Gasteiger partial charge in [0, 0.05) is 11.5 Å². The molecule has 140 valence electrons. The van der Waals surface area contributed by atoms with E-state index >= 15 is 0 Å². The number of hydrogen-bond acceptors (Lipinski definition) is 4. The molecule has 0 saturated carbocycles. The number of nitrogens with one attached hydrogen (secondary N) is 1. The maximum atomic E-state index is 12.0. The minimum Gasteiger partial charge on any atom is -0.484 e. The standard InChI is InChI=1S/C18H21BrN2O4S/c1-13(14-4-6-15(19)7-5-14)20-18(22)12-25-17-10-8-16(9-11-17)21(2)26(3,23)24/h4-11,13H,12H2,1-3H3,(H,20,22)/t13-/m1/s1. The second-order valence-corrected chi connectivity index (χ2v) is 8.78. The third kappa shape index (κ3) is 5.74. The van der Waals surface area contributed by atoms with Crippen molar-refractivity contribution in [1.82, 2.24) is 5.32 Å². The first-order chi connectivity index (χ1) is 12.2. The van der Waals surface area contributed by atoms with Crippen LogP contribution in [0.3, 0.4) is 0 Å². The van der Waals surface area contributed by atoms with E-state index in [0.29, 0.717) is 11.4 Å². The Bertz CT molecular complexity index is 852. The van der Waals surface area contributed by atoms with E-state index in [2.05, 4.69) is 21.2 Å². The van der Waals surface area contributed by atoms with E-state index in [1.807, 2.05) is 31.2 Å². The Balaban J connectivity index is 1.88. The Morgan fingerprint density at radius 2 is 1.73 bits per heavy atom. The quantitative estimate of drug-likeness (QED) is 0.717. The summed E-state index contributed by atoms with van der Waals surface area (Å²) in [6.45, 7) is 1.78. The Hall–Kier alpha value is -2.06. The van der Waals surface area contributed by atoms with Gasteiger partial charge in [-0.05, 0) is 48.9 Å². The Kier molecular flexibility index (Phi) is 6.66. The fraction of sp³-hybridized carbons (Fsp3) is 0.278. The summed E-state index contributed by atoms with van der Waals surface area (Å²) in [5.41, 5.74) is 1.52. The van der Waals surface area contributed by atoms with E-state index in [1.165, 1.54) is 11.4 Å². The highest BCUT2D eigenvalue weighted by Gasteiger charge is 2.13. The minimum atomic E-state index is -3.31. The van der Waals surface area contributed by atoms with Gasteiger partial charge in [-0.15, -0.1) is 0 Å². The molecule has 0 bridgehead atoms. The van der Waals surface area contributed by atoms with Gasteiger partial charge in [-0.3, -0.25) is 9.10 Å². The second kappa shape index (κ2) is 8.55. The van der Waals surface area contributed by atoms with Gasteiger partial charge in [0.2, 0.25) is 10.0 Å². The molecule has 0 heterocycles. The van der Waals surface area contributed by atoms with E-state index < -0.39 is 10.0 Å². The number of carbonyl (C=O) groups excluding carboxylic acids is 1. The highest BCUT2D eigenvalue weighted by atomic mass is 79.9. The first-order valence-corrected chi connectivity index (χ1v) is 10.5. The van der Waals surface area contributed by atoms with Crippen LogP contribution in [0.25, 0.3) is 0 Å². The molecule has 0 aliphatic carbocycles. The predicted molar refractivity (Wildman–Crippen MR) is 106 cm³/mol. The monoisotopic (exact) mass is 440 g/mol. The highest BCUT2D eigenvalue weighted by molar-refractivity contribution is 9.10. The fourth-order valence-electron chi connectivity index (χ4n) is 2.21. The molecule has 6 nitrogen and oxygen atoms in total. The van der Waals surface area contributed by atoms with Gasteiger partial charge in [0.1, 0.15) is 5.75 Å². The molecule has 2 rings (SSSR count). The van der Waals surface area contributed by atoms with Gasteiger partial charge >= 0.3 is 0 Å². The van der Waals surface area contributed by atoms with Crippen LogP contribution in [0.5, 0.6) is 5.75 Å². The van der Waals surface area contributed by atoms with E-state index in [0.717, 1.165) is 16.3 Å². The number of sulfonamides is 1. The van der Waals surface area contributed by atoms with Gasteiger partial charge in [-0.1, -0.05) is 28.1 Å². The molecular formula is C18H21BrN2O4S. The van der Waals surface area contributed by atoms with Gasteiger partial charge in [-0.25, -0.2) is 8.42 Å². The molecule has 2 aromatic carbocycles. The summed E-state index contributed by atoms with van der Waals surface area (Å²) in [5.74, 6) is 0.250. The lowest BCUT2D eigenvalue weighted by atomic mass is 10.1. The summed E-state index contributed by atoms with van der Waals surface area (Å²) in [6.07, 6.45) is 1.13. The molecule has 0 aromatic heterocycles. The average Bonchev–Trinajstić information content (AvgIpc) is 2.59. The first-order valence-electron chi connectivity index (χ1n) is 7.88. The summed E-state index contributed by atoms with van der Waals surface area (Å²) < 4.78 is 30.6. The van der Waals surface area contributed by atoms with Crippen molar-refractivity contribution in [2.75, 3.05) is 24.2 Å². The van der Waals surface area contributed by atoms with Crippen molar-refractivity contribution in [2.24, 2.45) is 0 Å². The Morgan fingerprint density at radius 3 is 2.27 bits per heavy atom. The van der Waals surface area contributed by atoms with Crippen molar-refractivity contribution in [1.29, 1.82) is 0 Å². The van der Waals surface area contributed by atoms with Gasteiger partial charge in [0.15, 0.2) is 6.61 Å². The molecule has 1 amide bonds. The van der Waals surface area contributed by atoms with Crippen LogP contribution in [0.4, 0.5) is 5.69 Å². The van der Waals surface area contributed by atoms with E-state index in [4.69, 9.17) is 4.74 Å². The normalized spacial score (nSPS) is 12.3. The predicted octanol–water partition coefficient (Wildman–Crippen LogP) is 3.10. The third-order valence-corrected chi connectivity index (χ3v) is 5.55. The number of halogens is 1. The smallest absolute Gasteiger partial charge is 0.258 e. The molecule has 1 atom stereocenters. The van der Waals surface area contributed by atoms with E-state index in [1.54, 1.807) is 24.3 Å². The molecule has 26 heavy (non-hydrogen) atoms. The van der Waals surface area contributed by atoms with Crippen molar-refractivity contribution in [3.8, 4) is 5.75 Å². The van der Waals surface area contributed by atoms with Crippen molar-refractivity contribution >= 4 is 37.5 Å². The second-order valence-electron chi connectivity index (χ2n) is 5.85. The number of carbonyl (C=O) groups is 1. The molecule has 1 N–H and O–H groups in total. The van der Waals surface area contributed by atoms with Crippen molar-refractivity contribution in [2.45, 2.75) is 13.0 Å². The molecule has 2 aromatic rings. The Labute approximate surface area is 162 Å². The molecule has 0 aliphatic rings. The maximum Gasteiger partial charge on any atom is 0.258 e. The molecule has 0 unspecified atom stereocenters. The number of anilines is 1. The molecule has 0 radical (unpaired) electrons. The number of amides is 1. The van der Waals surface area contributed by atoms with Gasteiger partial charge < -0.3 is 10.1 Å².